The molecule has 0 spiro atoms. The molecule has 1 unspecified atom stereocenters. The van der Waals surface area contributed by atoms with Crippen molar-refractivity contribution in [1.29, 1.82) is 0 Å². The number of alkyl halides is 1. The summed E-state index contributed by atoms with van der Waals surface area (Å²) in [6.07, 6.45) is 1.81. The van der Waals surface area contributed by atoms with Crippen LogP contribution in [0.15, 0.2) is 47.9 Å². The molecule has 0 aliphatic heterocycles. The number of carbonyl (C=O) groups is 2. The number of benzene rings is 1. The van der Waals surface area contributed by atoms with Gasteiger partial charge in [-0.3, -0.25) is 4.79 Å². The number of hydrogen-bond donors (Lipinski definition) is 1. The Morgan fingerprint density at radius 3 is 2.30 bits per heavy atom. The molecule has 1 N–H and O–H groups in total. The lowest BCUT2D eigenvalue weighted by molar-refractivity contribution is -0.125. The summed E-state index contributed by atoms with van der Waals surface area (Å²) in [5.74, 6) is -1.27. The van der Waals surface area contributed by atoms with Crippen molar-refractivity contribution in [3.63, 3.8) is 0 Å². The van der Waals surface area contributed by atoms with Crippen molar-refractivity contribution in [3.8, 4) is 5.75 Å². The molecule has 7 heteroatoms. The number of Topliss-reactive ketones (excluding diaryl/α,β-unsaturated/α-hetero) is 1. The minimum Gasteiger partial charge on any atom is -0.490 e. The van der Waals surface area contributed by atoms with Gasteiger partial charge in [0.15, 0.2) is 5.78 Å². The number of halogens is 1. The Bertz CT molecular complexity index is 929. The Balaban J connectivity index is 2.98. The molecule has 0 aliphatic carbocycles. The van der Waals surface area contributed by atoms with E-state index in [0.29, 0.717) is 10.5 Å². The van der Waals surface area contributed by atoms with Gasteiger partial charge in [0.1, 0.15) is 24.6 Å². The standard InChI is InChI=1S/C26H35FO5S/c1-9-18(4)33-19(5)20-11-21(24(29)30)13-22(12-20)31-16-26(27,10-2)14-17(3)23(28)15-32-25(6,7)8/h9,11-13H,3,5,10,14-16H2,1-2,4,6-8H3,(H,29,30)/b18-9-. The third-order valence-electron chi connectivity index (χ3n) is 4.86. The second kappa shape index (κ2) is 12.2. The Morgan fingerprint density at radius 1 is 1.18 bits per heavy atom. The molecule has 0 aromatic heterocycles. The average Bonchev–Trinajstić information content (AvgIpc) is 2.74. The molecule has 0 saturated carbocycles. The number of aromatic carboxylic acids is 1. The third-order valence-corrected chi connectivity index (χ3v) is 5.90. The van der Waals surface area contributed by atoms with Crippen molar-refractivity contribution >= 4 is 28.4 Å². The highest BCUT2D eigenvalue weighted by Crippen LogP contribution is 2.35. The summed E-state index contributed by atoms with van der Waals surface area (Å²) in [4.78, 5) is 25.5. The van der Waals surface area contributed by atoms with Gasteiger partial charge in [-0.25, -0.2) is 9.18 Å². The molecule has 1 aromatic rings. The fraction of sp³-hybridized carbons (Fsp3) is 0.462. The fourth-order valence-corrected chi connectivity index (χ4v) is 3.38. The molecular formula is C26H35FO5S. The van der Waals surface area contributed by atoms with E-state index in [9.17, 15) is 14.7 Å². The third kappa shape index (κ3) is 9.96. The van der Waals surface area contributed by atoms with E-state index in [4.69, 9.17) is 9.47 Å². The van der Waals surface area contributed by atoms with Crippen LogP contribution in [0.2, 0.25) is 0 Å². The first kappa shape index (κ1) is 28.7. The smallest absolute Gasteiger partial charge is 0.335 e. The molecule has 0 radical (unpaired) electrons. The highest BCUT2D eigenvalue weighted by molar-refractivity contribution is 8.11. The zero-order valence-electron chi connectivity index (χ0n) is 20.4. The monoisotopic (exact) mass is 478 g/mol. The van der Waals surface area contributed by atoms with E-state index in [1.54, 1.807) is 13.0 Å². The summed E-state index contributed by atoms with van der Waals surface area (Å²) in [5.41, 5.74) is -1.62. The summed E-state index contributed by atoms with van der Waals surface area (Å²) in [5, 5.41) is 9.47. The van der Waals surface area contributed by atoms with Crippen molar-refractivity contribution < 1.29 is 28.6 Å². The zero-order valence-corrected chi connectivity index (χ0v) is 21.2. The normalized spacial score (nSPS) is 13.8. The van der Waals surface area contributed by atoms with Crippen molar-refractivity contribution in [3.05, 3.63) is 59.0 Å². The summed E-state index contributed by atoms with van der Waals surface area (Å²) in [7, 11) is 0. The maximum Gasteiger partial charge on any atom is 0.335 e. The van der Waals surface area contributed by atoms with Gasteiger partial charge in [-0.05, 0) is 75.3 Å². The number of rotatable bonds is 13. The van der Waals surface area contributed by atoms with Crippen LogP contribution in [0.4, 0.5) is 4.39 Å². The van der Waals surface area contributed by atoms with Crippen LogP contribution < -0.4 is 4.74 Å². The maximum absolute atomic E-state index is 15.5. The Hall–Kier alpha value is -2.38. The van der Waals surface area contributed by atoms with Gasteiger partial charge >= 0.3 is 5.97 Å². The van der Waals surface area contributed by atoms with Gasteiger partial charge < -0.3 is 14.6 Å². The van der Waals surface area contributed by atoms with E-state index in [1.165, 1.54) is 23.9 Å². The van der Waals surface area contributed by atoms with Crippen LogP contribution in [-0.4, -0.2) is 41.3 Å². The van der Waals surface area contributed by atoms with Crippen LogP contribution in [-0.2, 0) is 9.53 Å². The van der Waals surface area contributed by atoms with Gasteiger partial charge in [-0.15, -0.1) is 0 Å². The number of ether oxygens (including phenoxy) is 2. The second-order valence-electron chi connectivity index (χ2n) is 8.87. The zero-order chi connectivity index (χ0) is 25.4. The molecule has 33 heavy (non-hydrogen) atoms. The lowest BCUT2D eigenvalue weighted by Gasteiger charge is -2.25. The van der Waals surface area contributed by atoms with Gasteiger partial charge in [0, 0.05) is 11.3 Å². The molecule has 182 valence electrons. The van der Waals surface area contributed by atoms with Crippen molar-refractivity contribution in [1.82, 2.24) is 0 Å². The first-order valence-corrected chi connectivity index (χ1v) is 11.6. The van der Waals surface area contributed by atoms with Crippen molar-refractivity contribution in [2.24, 2.45) is 0 Å². The molecule has 0 saturated heterocycles. The number of carboxylic acid groups (broad SMARTS) is 1. The van der Waals surface area contributed by atoms with Gasteiger partial charge in [0.2, 0.25) is 0 Å². The number of carboxylic acids is 1. The summed E-state index contributed by atoms with van der Waals surface area (Å²) in [6, 6.07) is 4.49. The predicted octanol–water partition coefficient (Wildman–Crippen LogP) is 6.84. The number of carbonyl (C=O) groups excluding carboxylic acids is 1. The lowest BCUT2D eigenvalue weighted by atomic mass is 9.93. The van der Waals surface area contributed by atoms with Gasteiger partial charge in [0.25, 0.3) is 0 Å². The second-order valence-corrected chi connectivity index (χ2v) is 10.2. The molecule has 0 fully saturated rings. The van der Waals surface area contributed by atoms with Crippen LogP contribution in [0.25, 0.3) is 4.91 Å². The summed E-state index contributed by atoms with van der Waals surface area (Å²) in [6.45, 7) is 18.2. The minimum absolute atomic E-state index is 0.0160. The van der Waals surface area contributed by atoms with Gasteiger partial charge in [-0.2, -0.15) is 0 Å². The molecular weight excluding hydrogens is 443 g/mol. The Kier molecular flexibility index (Phi) is 10.6. The predicted molar refractivity (Wildman–Crippen MR) is 134 cm³/mol. The molecule has 1 atom stereocenters. The van der Waals surface area contributed by atoms with E-state index in [2.05, 4.69) is 13.2 Å². The Labute approximate surface area is 200 Å². The van der Waals surface area contributed by atoms with Crippen LogP contribution in [0.3, 0.4) is 0 Å². The number of hydrogen-bond acceptors (Lipinski definition) is 5. The van der Waals surface area contributed by atoms with Crippen molar-refractivity contribution in [2.45, 2.75) is 65.7 Å². The Morgan fingerprint density at radius 2 is 1.79 bits per heavy atom. The van der Waals surface area contributed by atoms with Crippen LogP contribution in [0.5, 0.6) is 5.75 Å². The van der Waals surface area contributed by atoms with E-state index in [-0.39, 0.29) is 48.7 Å². The topological polar surface area (TPSA) is 72.8 Å². The van der Waals surface area contributed by atoms with E-state index in [1.807, 2.05) is 40.7 Å². The molecule has 0 bridgehead atoms. The quantitative estimate of drug-likeness (QED) is 0.313. The van der Waals surface area contributed by atoms with E-state index >= 15 is 4.39 Å². The molecule has 0 amide bonds. The minimum atomic E-state index is -1.85. The number of thioether (sulfide) groups is 1. The maximum atomic E-state index is 15.5. The average molecular weight is 479 g/mol. The van der Waals surface area contributed by atoms with E-state index in [0.717, 1.165) is 4.91 Å². The van der Waals surface area contributed by atoms with Crippen LogP contribution in [0.1, 0.15) is 70.3 Å². The van der Waals surface area contributed by atoms with Gasteiger partial charge in [-0.1, -0.05) is 37.9 Å². The first-order chi connectivity index (χ1) is 15.2. The largest absolute Gasteiger partial charge is 0.490 e. The molecule has 0 heterocycles. The van der Waals surface area contributed by atoms with Crippen LogP contribution in [0, 0.1) is 0 Å². The highest BCUT2D eigenvalue weighted by Gasteiger charge is 2.32. The number of ketones is 1. The van der Waals surface area contributed by atoms with Crippen LogP contribution >= 0.6 is 11.8 Å². The lowest BCUT2D eigenvalue weighted by Crippen LogP contribution is -2.33. The first-order valence-electron chi connectivity index (χ1n) is 10.7. The fourth-order valence-electron chi connectivity index (χ4n) is 2.63. The number of allylic oxidation sites excluding steroid dienone is 2. The molecule has 1 aromatic carbocycles. The van der Waals surface area contributed by atoms with Crippen molar-refractivity contribution in [2.75, 3.05) is 13.2 Å². The highest BCUT2D eigenvalue weighted by atomic mass is 32.2. The SMILES string of the molecule is C=C(CC(F)(CC)COc1cc(C(=C)S/C(C)=C\C)cc(C(=O)O)c1)C(=O)COC(C)(C)C. The summed E-state index contributed by atoms with van der Waals surface area (Å²) < 4.78 is 26.6. The summed E-state index contributed by atoms with van der Waals surface area (Å²) >= 11 is 1.41. The molecule has 1 rings (SSSR count). The van der Waals surface area contributed by atoms with E-state index < -0.39 is 17.2 Å². The molecule has 0 aliphatic rings. The molecule has 5 nitrogen and oxygen atoms in total. The van der Waals surface area contributed by atoms with Gasteiger partial charge in [0.05, 0.1) is 11.2 Å².